The third-order valence-electron chi connectivity index (χ3n) is 3.64. The summed E-state index contributed by atoms with van der Waals surface area (Å²) >= 11 is 11.7. The van der Waals surface area contributed by atoms with Crippen molar-refractivity contribution in [3.05, 3.63) is 63.6 Å². The zero-order valence-corrected chi connectivity index (χ0v) is 16.8. The van der Waals surface area contributed by atoms with Gasteiger partial charge in [0.05, 0.1) is 34.1 Å². The van der Waals surface area contributed by atoms with Crippen LogP contribution in [0.25, 0.3) is 0 Å². The number of hydrogen-bond acceptors (Lipinski definition) is 3. The molecule has 0 heterocycles. The van der Waals surface area contributed by atoms with Gasteiger partial charge in [0.2, 0.25) is 15.9 Å². The zero-order valence-electron chi connectivity index (χ0n) is 14.4. The molecule has 0 atom stereocenters. The van der Waals surface area contributed by atoms with Gasteiger partial charge < -0.3 is 5.32 Å². The Morgan fingerprint density at radius 1 is 1.11 bits per heavy atom. The number of amides is 1. The summed E-state index contributed by atoms with van der Waals surface area (Å²) in [5, 5.41) is 2.59. The second-order valence-electron chi connectivity index (χ2n) is 5.87. The highest BCUT2D eigenvalue weighted by Gasteiger charge is 2.33. The largest absolute Gasteiger partial charge is 0.418 e. The Balaban J connectivity index is 2.20. The van der Waals surface area contributed by atoms with Crippen molar-refractivity contribution in [2.24, 2.45) is 0 Å². The van der Waals surface area contributed by atoms with Crippen molar-refractivity contribution in [2.45, 2.75) is 12.7 Å². The van der Waals surface area contributed by atoms with Crippen molar-refractivity contribution >= 4 is 44.8 Å². The molecular formula is C17H15Cl2F3N2O3S. The highest BCUT2D eigenvalue weighted by atomic mass is 35.5. The van der Waals surface area contributed by atoms with Gasteiger partial charge in [-0.2, -0.15) is 17.5 Å². The summed E-state index contributed by atoms with van der Waals surface area (Å²) in [6.07, 6.45) is -3.78. The van der Waals surface area contributed by atoms with Crippen molar-refractivity contribution in [1.29, 1.82) is 0 Å². The lowest BCUT2D eigenvalue weighted by molar-refractivity contribution is -0.137. The fraction of sp³-hybridized carbons (Fsp3) is 0.235. The van der Waals surface area contributed by atoms with Gasteiger partial charge in [0.25, 0.3) is 0 Å². The van der Waals surface area contributed by atoms with E-state index < -0.39 is 39.9 Å². The van der Waals surface area contributed by atoms with Crippen LogP contribution in [0.4, 0.5) is 18.9 Å². The Labute approximate surface area is 170 Å². The first-order valence-electron chi connectivity index (χ1n) is 7.73. The van der Waals surface area contributed by atoms with Crippen molar-refractivity contribution in [1.82, 2.24) is 4.31 Å². The summed E-state index contributed by atoms with van der Waals surface area (Å²) in [4.78, 5) is 12.2. The van der Waals surface area contributed by atoms with E-state index in [0.717, 1.165) is 22.7 Å². The minimum absolute atomic E-state index is 0.204. The Bertz CT molecular complexity index is 982. The molecule has 0 aliphatic heterocycles. The minimum Gasteiger partial charge on any atom is -0.324 e. The molecule has 0 bridgehead atoms. The highest BCUT2D eigenvalue weighted by Crippen LogP contribution is 2.34. The maximum atomic E-state index is 13.0. The SMILES string of the molecule is CS(=O)(=O)N(CC(=O)Nc1ccccc1C(F)(F)F)Cc1ccc(Cl)c(Cl)c1. The number of carbonyl (C=O) groups is 1. The fourth-order valence-electron chi connectivity index (χ4n) is 2.32. The maximum absolute atomic E-state index is 13.0. The Morgan fingerprint density at radius 2 is 1.75 bits per heavy atom. The van der Waals surface area contributed by atoms with Gasteiger partial charge in [0.15, 0.2) is 0 Å². The summed E-state index contributed by atoms with van der Waals surface area (Å²) in [6.45, 7) is -0.880. The molecule has 2 rings (SSSR count). The van der Waals surface area contributed by atoms with E-state index in [0.29, 0.717) is 5.56 Å². The van der Waals surface area contributed by atoms with Crippen molar-refractivity contribution in [3.63, 3.8) is 0 Å². The molecule has 0 saturated carbocycles. The third-order valence-corrected chi connectivity index (χ3v) is 5.57. The number of anilines is 1. The van der Waals surface area contributed by atoms with Crippen LogP contribution in [0.2, 0.25) is 10.0 Å². The molecule has 5 nitrogen and oxygen atoms in total. The van der Waals surface area contributed by atoms with E-state index in [2.05, 4.69) is 5.32 Å². The van der Waals surface area contributed by atoms with Gasteiger partial charge in [-0.05, 0) is 29.8 Å². The second-order valence-corrected chi connectivity index (χ2v) is 8.67. The van der Waals surface area contributed by atoms with E-state index in [1.807, 2.05) is 0 Å². The van der Waals surface area contributed by atoms with Gasteiger partial charge in [0, 0.05) is 6.54 Å². The van der Waals surface area contributed by atoms with Gasteiger partial charge >= 0.3 is 6.18 Å². The predicted molar refractivity (Wildman–Crippen MR) is 102 cm³/mol. The smallest absolute Gasteiger partial charge is 0.324 e. The second kappa shape index (κ2) is 8.69. The van der Waals surface area contributed by atoms with E-state index in [-0.39, 0.29) is 16.6 Å². The van der Waals surface area contributed by atoms with Crippen LogP contribution < -0.4 is 5.32 Å². The molecule has 1 amide bonds. The molecule has 28 heavy (non-hydrogen) atoms. The number of halogens is 5. The summed E-state index contributed by atoms with van der Waals surface area (Å²) in [6, 6.07) is 8.87. The van der Waals surface area contributed by atoms with Gasteiger partial charge in [-0.1, -0.05) is 41.4 Å². The van der Waals surface area contributed by atoms with Gasteiger partial charge in [-0.25, -0.2) is 8.42 Å². The lowest BCUT2D eigenvalue weighted by Gasteiger charge is -2.20. The van der Waals surface area contributed by atoms with Crippen LogP contribution >= 0.6 is 23.2 Å². The molecule has 0 spiro atoms. The van der Waals surface area contributed by atoms with Crippen LogP contribution in [-0.2, 0) is 27.5 Å². The van der Waals surface area contributed by atoms with Crippen LogP contribution in [0, 0.1) is 0 Å². The molecular weight excluding hydrogens is 440 g/mol. The number of nitrogens with zero attached hydrogens (tertiary/aromatic N) is 1. The molecule has 0 aromatic heterocycles. The zero-order chi connectivity index (χ0) is 21.1. The molecule has 0 unspecified atom stereocenters. The van der Waals surface area contributed by atoms with E-state index in [4.69, 9.17) is 23.2 Å². The molecule has 0 radical (unpaired) electrons. The number of benzene rings is 2. The number of hydrogen-bond donors (Lipinski definition) is 1. The summed E-state index contributed by atoms with van der Waals surface area (Å²) in [7, 11) is -3.84. The monoisotopic (exact) mass is 454 g/mol. The van der Waals surface area contributed by atoms with E-state index in [1.165, 1.54) is 30.3 Å². The molecule has 152 valence electrons. The molecule has 2 aromatic rings. The third kappa shape index (κ3) is 6.10. The molecule has 11 heteroatoms. The molecule has 0 saturated heterocycles. The van der Waals surface area contributed by atoms with Gasteiger partial charge in [0.1, 0.15) is 0 Å². The topological polar surface area (TPSA) is 66.5 Å². The Hall–Kier alpha value is -1.81. The van der Waals surface area contributed by atoms with E-state index >= 15 is 0 Å². The predicted octanol–water partition coefficient (Wildman–Crippen LogP) is 4.41. The first-order valence-corrected chi connectivity index (χ1v) is 10.3. The number of rotatable bonds is 6. The summed E-state index contributed by atoms with van der Waals surface area (Å²) in [5.41, 5.74) is -1.02. The average Bonchev–Trinajstić information content (AvgIpc) is 2.56. The molecule has 2 aromatic carbocycles. The van der Waals surface area contributed by atoms with Crippen LogP contribution in [0.3, 0.4) is 0 Å². The maximum Gasteiger partial charge on any atom is 0.418 e. The van der Waals surface area contributed by atoms with Crippen LogP contribution in [0.1, 0.15) is 11.1 Å². The van der Waals surface area contributed by atoms with Crippen LogP contribution in [0.15, 0.2) is 42.5 Å². The number of para-hydroxylation sites is 1. The van der Waals surface area contributed by atoms with Gasteiger partial charge in [-0.3, -0.25) is 4.79 Å². The summed E-state index contributed by atoms with van der Waals surface area (Å²) < 4.78 is 63.9. The fourth-order valence-corrected chi connectivity index (χ4v) is 3.38. The van der Waals surface area contributed by atoms with E-state index in [9.17, 15) is 26.4 Å². The van der Waals surface area contributed by atoms with Gasteiger partial charge in [-0.15, -0.1) is 0 Å². The molecule has 0 aliphatic rings. The average molecular weight is 455 g/mol. The minimum atomic E-state index is -4.67. The number of alkyl halides is 3. The lowest BCUT2D eigenvalue weighted by Crippen LogP contribution is -2.37. The van der Waals surface area contributed by atoms with Crippen LogP contribution in [-0.4, -0.2) is 31.4 Å². The molecule has 1 N–H and O–H groups in total. The quantitative estimate of drug-likeness (QED) is 0.702. The normalized spacial score (nSPS) is 12.2. The standard InChI is InChI=1S/C17H15Cl2F3N2O3S/c1-28(26,27)24(9-11-6-7-13(18)14(19)8-11)10-16(25)23-15-5-3-2-4-12(15)17(20,21)22/h2-8H,9-10H2,1H3,(H,23,25). The Morgan fingerprint density at radius 3 is 2.32 bits per heavy atom. The summed E-state index contributed by atoms with van der Waals surface area (Å²) in [5.74, 6) is -0.915. The number of sulfonamides is 1. The number of nitrogens with one attached hydrogen (secondary N) is 1. The van der Waals surface area contributed by atoms with Crippen molar-refractivity contribution in [3.8, 4) is 0 Å². The highest BCUT2D eigenvalue weighted by molar-refractivity contribution is 7.88. The lowest BCUT2D eigenvalue weighted by atomic mass is 10.1. The molecule has 0 fully saturated rings. The van der Waals surface area contributed by atoms with E-state index in [1.54, 1.807) is 0 Å². The first-order chi connectivity index (χ1) is 12.9. The molecule has 0 aliphatic carbocycles. The first kappa shape index (κ1) is 22.5. The van der Waals surface area contributed by atoms with Crippen LogP contribution in [0.5, 0.6) is 0 Å². The number of carbonyl (C=O) groups excluding carboxylic acids is 1. The van der Waals surface area contributed by atoms with Crippen molar-refractivity contribution in [2.75, 3.05) is 18.1 Å². The Kier molecular flexibility index (Phi) is 6.97. The van der Waals surface area contributed by atoms with Crippen molar-refractivity contribution < 1.29 is 26.4 Å².